The first-order valence-corrected chi connectivity index (χ1v) is 8.29. The maximum Gasteiger partial charge on any atom is 0.321 e. The molecule has 0 saturated carbocycles. The third kappa shape index (κ3) is 5.08. The Morgan fingerprint density at radius 1 is 1.25 bits per heavy atom. The van der Waals surface area contributed by atoms with E-state index in [-0.39, 0.29) is 12.8 Å². The summed E-state index contributed by atoms with van der Waals surface area (Å²) in [5.41, 5.74) is 2.48. The smallest absolute Gasteiger partial charge is 0.321 e. The lowest BCUT2D eigenvalue weighted by Gasteiger charge is -2.11. The maximum atomic E-state index is 11.8. The molecule has 2 rings (SSSR count). The minimum Gasteiger partial charge on any atom is -0.473 e. The average Bonchev–Trinajstić information content (AvgIpc) is 2.54. The van der Waals surface area contributed by atoms with E-state index in [2.05, 4.69) is 10.6 Å². The van der Waals surface area contributed by atoms with Crippen LogP contribution in [-0.2, 0) is 0 Å². The highest BCUT2D eigenvalue weighted by Crippen LogP contribution is 2.25. The molecule has 7 heteroatoms. The van der Waals surface area contributed by atoms with Crippen LogP contribution in [0.1, 0.15) is 11.1 Å². The number of aryl methyl sites for hydroxylation is 2. The van der Waals surface area contributed by atoms with Crippen LogP contribution >= 0.6 is 23.4 Å². The topological polar surface area (TPSA) is 74.2 Å². The van der Waals surface area contributed by atoms with E-state index in [1.165, 1.54) is 0 Å². The van der Waals surface area contributed by atoms with Gasteiger partial charge in [-0.1, -0.05) is 11.6 Å². The van der Waals surface area contributed by atoms with Crippen molar-refractivity contribution in [1.29, 1.82) is 5.26 Å². The van der Waals surface area contributed by atoms with Crippen molar-refractivity contribution in [2.75, 3.05) is 12.0 Å². The first-order chi connectivity index (χ1) is 11.5. The van der Waals surface area contributed by atoms with Crippen LogP contribution in [0.2, 0.25) is 5.02 Å². The molecular formula is C17H16ClN3O2S. The van der Waals surface area contributed by atoms with E-state index in [1.54, 1.807) is 24.3 Å². The molecule has 0 atom stereocenters. The third-order valence-electron chi connectivity index (χ3n) is 3.16. The van der Waals surface area contributed by atoms with Gasteiger partial charge in [-0.05, 0) is 73.1 Å². The second kappa shape index (κ2) is 8.48. The number of nitrogens with zero attached hydrogens (tertiary/aromatic N) is 1. The predicted octanol–water partition coefficient (Wildman–Crippen LogP) is 4.69. The van der Waals surface area contributed by atoms with E-state index >= 15 is 0 Å². The van der Waals surface area contributed by atoms with Crippen LogP contribution in [0, 0.1) is 24.5 Å². The van der Waals surface area contributed by atoms with Crippen molar-refractivity contribution >= 4 is 35.1 Å². The van der Waals surface area contributed by atoms with Crippen LogP contribution < -0.4 is 15.4 Å². The van der Waals surface area contributed by atoms with Crippen molar-refractivity contribution in [2.24, 2.45) is 0 Å². The number of carbonyl (C=O) groups is 1. The summed E-state index contributed by atoms with van der Waals surface area (Å²) < 4.78 is 5.51. The summed E-state index contributed by atoms with van der Waals surface area (Å²) >= 11 is 7.17. The predicted molar refractivity (Wildman–Crippen MR) is 96.5 cm³/mol. The molecular weight excluding hydrogens is 346 g/mol. The molecule has 0 bridgehead atoms. The van der Waals surface area contributed by atoms with Gasteiger partial charge in [0.25, 0.3) is 0 Å². The van der Waals surface area contributed by atoms with Crippen LogP contribution in [0.25, 0.3) is 0 Å². The third-order valence-corrected chi connectivity index (χ3v) is 4.35. The summed E-state index contributed by atoms with van der Waals surface area (Å²) in [5, 5.41) is 16.6. The Balaban J connectivity index is 1.82. The number of hydrogen-bond donors (Lipinski definition) is 2. The number of thioether (sulfide) groups is 1. The largest absolute Gasteiger partial charge is 0.473 e. The first kappa shape index (κ1) is 18.0. The van der Waals surface area contributed by atoms with E-state index in [0.717, 1.165) is 27.8 Å². The van der Waals surface area contributed by atoms with Crippen molar-refractivity contribution in [1.82, 2.24) is 5.32 Å². The zero-order valence-electron chi connectivity index (χ0n) is 13.2. The molecule has 2 aromatic carbocycles. The molecule has 2 aromatic rings. The number of nitriles is 1. The molecule has 0 spiro atoms. The van der Waals surface area contributed by atoms with Crippen LogP contribution in [0.15, 0.2) is 41.3 Å². The number of rotatable bonds is 5. The van der Waals surface area contributed by atoms with Crippen molar-refractivity contribution < 1.29 is 9.53 Å². The molecule has 0 heterocycles. The average molecular weight is 362 g/mol. The highest BCUT2D eigenvalue weighted by molar-refractivity contribution is 8.03. The van der Waals surface area contributed by atoms with E-state index in [9.17, 15) is 4.79 Å². The minimum atomic E-state index is -0.377. The second-order valence-electron chi connectivity index (χ2n) is 5.01. The van der Waals surface area contributed by atoms with Gasteiger partial charge in [-0.15, -0.1) is 0 Å². The Morgan fingerprint density at radius 3 is 2.46 bits per heavy atom. The number of amides is 2. The first-order valence-electron chi connectivity index (χ1n) is 7.10. The van der Waals surface area contributed by atoms with Crippen LogP contribution in [0.4, 0.5) is 10.5 Å². The van der Waals surface area contributed by atoms with E-state index < -0.39 is 0 Å². The Kier molecular flexibility index (Phi) is 6.36. The van der Waals surface area contributed by atoms with Crippen LogP contribution in [-0.4, -0.2) is 12.8 Å². The molecule has 0 aliphatic rings. The van der Waals surface area contributed by atoms with Gasteiger partial charge < -0.3 is 15.4 Å². The number of thiocyanates is 1. The summed E-state index contributed by atoms with van der Waals surface area (Å²) in [6, 6.07) is 10.2. The van der Waals surface area contributed by atoms with Crippen LogP contribution in [0.5, 0.6) is 5.75 Å². The summed E-state index contributed by atoms with van der Waals surface area (Å²) in [5.74, 6) is 0.646. The van der Waals surface area contributed by atoms with Gasteiger partial charge in [0.1, 0.15) is 11.2 Å². The number of anilines is 1. The van der Waals surface area contributed by atoms with Crippen molar-refractivity contribution in [2.45, 2.75) is 18.7 Å². The fourth-order valence-electron chi connectivity index (χ4n) is 2.01. The summed E-state index contributed by atoms with van der Waals surface area (Å²) in [6.45, 7) is 3.84. The van der Waals surface area contributed by atoms with Crippen molar-refractivity contribution in [3.8, 4) is 11.2 Å². The second-order valence-corrected chi connectivity index (χ2v) is 6.24. The normalized spacial score (nSPS) is 9.92. The minimum absolute atomic E-state index is 0.0364. The van der Waals surface area contributed by atoms with Crippen LogP contribution in [0.3, 0.4) is 0 Å². The van der Waals surface area contributed by atoms with Gasteiger partial charge in [0.15, 0.2) is 6.73 Å². The standard InChI is InChI=1S/C17H16ClN3O2S/c1-11-7-14(8-12(2)16(11)18)23-10-20-17(22)21-13-3-5-15(6-4-13)24-9-19/h3-8H,10H2,1-2H3,(H2,20,21,22). The molecule has 0 fully saturated rings. The molecule has 2 amide bonds. The van der Waals surface area contributed by atoms with Crippen molar-refractivity contribution in [3.63, 3.8) is 0 Å². The summed E-state index contributed by atoms with van der Waals surface area (Å²) in [4.78, 5) is 12.6. The fraction of sp³-hybridized carbons (Fsp3) is 0.176. The van der Waals surface area contributed by atoms with E-state index in [0.29, 0.717) is 16.5 Å². The number of urea groups is 1. The van der Waals surface area contributed by atoms with E-state index in [1.807, 2.05) is 31.4 Å². The summed E-state index contributed by atoms with van der Waals surface area (Å²) in [6.07, 6.45) is 0. The highest BCUT2D eigenvalue weighted by atomic mass is 35.5. The lowest BCUT2D eigenvalue weighted by atomic mass is 10.1. The molecule has 0 unspecified atom stereocenters. The Hall–Kier alpha value is -2.36. The number of carbonyl (C=O) groups excluding carboxylic acids is 1. The molecule has 0 radical (unpaired) electrons. The fourth-order valence-corrected chi connectivity index (χ4v) is 2.50. The Bertz CT molecular complexity index is 749. The van der Waals surface area contributed by atoms with Gasteiger partial charge >= 0.3 is 6.03 Å². The number of halogens is 1. The highest BCUT2D eigenvalue weighted by Gasteiger charge is 2.05. The van der Waals surface area contributed by atoms with Gasteiger partial charge in [-0.3, -0.25) is 0 Å². The van der Waals surface area contributed by atoms with Crippen molar-refractivity contribution in [3.05, 3.63) is 52.5 Å². The molecule has 0 aliphatic heterocycles. The van der Waals surface area contributed by atoms with E-state index in [4.69, 9.17) is 21.6 Å². The van der Waals surface area contributed by atoms with Gasteiger partial charge in [0.05, 0.1) is 0 Å². The Labute approximate surface area is 150 Å². The molecule has 24 heavy (non-hydrogen) atoms. The zero-order valence-corrected chi connectivity index (χ0v) is 14.8. The molecule has 0 aliphatic carbocycles. The van der Waals surface area contributed by atoms with Gasteiger partial charge in [-0.25, -0.2) is 4.79 Å². The number of hydrogen-bond acceptors (Lipinski definition) is 4. The molecule has 2 N–H and O–H groups in total. The number of nitrogens with one attached hydrogen (secondary N) is 2. The molecule has 124 valence electrons. The quantitative estimate of drug-likeness (QED) is 0.460. The lowest BCUT2D eigenvalue weighted by Crippen LogP contribution is -2.32. The SMILES string of the molecule is Cc1cc(OCNC(=O)Nc2ccc(SC#N)cc2)cc(C)c1Cl. The molecule has 5 nitrogen and oxygen atoms in total. The van der Waals surface area contributed by atoms with Gasteiger partial charge in [0, 0.05) is 15.6 Å². The molecule has 0 saturated heterocycles. The van der Waals surface area contributed by atoms with Gasteiger partial charge in [-0.2, -0.15) is 5.26 Å². The number of ether oxygens (including phenoxy) is 1. The van der Waals surface area contributed by atoms with Gasteiger partial charge in [0.2, 0.25) is 0 Å². The lowest BCUT2D eigenvalue weighted by molar-refractivity contribution is 0.234. The maximum absolute atomic E-state index is 11.8. The summed E-state index contributed by atoms with van der Waals surface area (Å²) in [7, 11) is 0. The zero-order chi connectivity index (χ0) is 17.5. The Morgan fingerprint density at radius 2 is 1.88 bits per heavy atom. The number of benzene rings is 2. The monoisotopic (exact) mass is 361 g/mol. The molecule has 0 aromatic heterocycles.